The summed E-state index contributed by atoms with van der Waals surface area (Å²) >= 11 is 1.35. The molecule has 11 heteroatoms. The molecule has 198 valence electrons. The number of ether oxygens (including phenoxy) is 3. The van der Waals surface area contributed by atoms with E-state index >= 15 is 0 Å². The summed E-state index contributed by atoms with van der Waals surface area (Å²) in [4.78, 5) is 14.1. The average Bonchev–Trinajstić information content (AvgIpc) is 3.47. The van der Waals surface area contributed by atoms with Gasteiger partial charge in [-0.25, -0.2) is 8.42 Å². The van der Waals surface area contributed by atoms with Crippen molar-refractivity contribution in [2.45, 2.75) is 44.3 Å². The summed E-state index contributed by atoms with van der Waals surface area (Å²) in [6, 6.07) is 13.8. The minimum Gasteiger partial charge on any atom is -0.454 e. The van der Waals surface area contributed by atoms with Gasteiger partial charge in [-0.3, -0.25) is 4.79 Å². The standard InChI is InChI=1S/C27H27N3O6S2/c1-16-13-30(14-17(2)36-16)38(32,33)21-7-5-20(6-8-21)26(31)29-27-22(12-28)18(3)25(37-27)11-19-4-9-23-24(10-19)35-15-34-23/h4-10,16-17H,11,13-15H2,1-3H3,(H,29,31). The van der Waals surface area contributed by atoms with E-state index in [0.717, 1.165) is 16.0 Å². The van der Waals surface area contributed by atoms with Crippen molar-refractivity contribution >= 4 is 32.3 Å². The van der Waals surface area contributed by atoms with Crippen LogP contribution in [0.5, 0.6) is 11.5 Å². The van der Waals surface area contributed by atoms with E-state index in [-0.39, 0.29) is 37.0 Å². The molecule has 3 heterocycles. The van der Waals surface area contributed by atoms with Crippen LogP contribution in [0.4, 0.5) is 5.00 Å². The monoisotopic (exact) mass is 553 g/mol. The molecule has 1 saturated heterocycles. The third-order valence-corrected chi connectivity index (χ3v) is 9.58. The third-order valence-electron chi connectivity index (χ3n) is 6.53. The van der Waals surface area contributed by atoms with E-state index < -0.39 is 15.9 Å². The Bertz CT molecular complexity index is 1520. The number of carbonyl (C=O) groups excluding carboxylic acids is 1. The number of morpholine rings is 1. The van der Waals surface area contributed by atoms with Crippen molar-refractivity contribution in [2.24, 2.45) is 0 Å². The zero-order valence-electron chi connectivity index (χ0n) is 21.2. The number of hydrogen-bond donors (Lipinski definition) is 1. The van der Waals surface area contributed by atoms with Crippen LogP contribution in [0.3, 0.4) is 0 Å². The van der Waals surface area contributed by atoms with Gasteiger partial charge in [0.25, 0.3) is 5.91 Å². The Labute approximate surface area is 225 Å². The molecule has 0 radical (unpaired) electrons. The summed E-state index contributed by atoms with van der Waals surface area (Å²) < 4.78 is 44.1. The molecule has 1 fully saturated rings. The van der Waals surface area contributed by atoms with E-state index in [1.807, 2.05) is 39.0 Å². The first-order valence-electron chi connectivity index (χ1n) is 12.1. The Balaban J connectivity index is 1.31. The highest BCUT2D eigenvalue weighted by Crippen LogP contribution is 2.37. The predicted molar refractivity (Wildman–Crippen MR) is 142 cm³/mol. The van der Waals surface area contributed by atoms with E-state index in [4.69, 9.17) is 14.2 Å². The second kappa shape index (κ2) is 10.4. The number of thiophene rings is 1. The second-order valence-corrected chi connectivity index (χ2v) is 12.4. The molecule has 0 bridgehead atoms. The van der Waals surface area contributed by atoms with E-state index in [2.05, 4.69) is 11.4 Å². The molecule has 0 aliphatic carbocycles. The number of carbonyl (C=O) groups is 1. The molecule has 2 unspecified atom stereocenters. The number of nitriles is 1. The fourth-order valence-electron chi connectivity index (χ4n) is 4.62. The van der Waals surface area contributed by atoms with Crippen molar-refractivity contribution in [1.29, 1.82) is 5.26 Å². The van der Waals surface area contributed by atoms with Crippen LogP contribution in [-0.2, 0) is 21.2 Å². The molecule has 2 aliphatic heterocycles. The first kappa shape index (κ1) is 26.2. The molecule has 1 amide bonds. The number of benzene rings is 2. The summed E-state index contributed by atoms with van der Waals surface area (Å²) in [7, 11) is -3.71. The van der Waals surface area contributed by atoms with Crippen molar-refractivity contribution < 1.29 is 27.4 Å². The number of amides is 1. The summed E-state index contributed by atoms with van der Waals surface area (Å²) in [6.45, 7) is 6.29. The van der Waals surface area contributed by atoms with Gasteiger partial charge in [0.05, 0.1) is 22.7 Å². The number of hydrogen-bond acceptors (Lipinski definition) is 8. The topological polar surface area (TPSA) is 118 Å². The Hall–Kier alpha value is -3.43. The number of sulfonamides is 1. The zero-order valence-corrected chi connectivity index (χ0v) is 22.8. The van der Waals surface area contributed by atoms with Crippen molar-refractivity contribution in [1.82, 2.24) is 4.31 Å². The van der Waals surface area contributed by atoms with Crippen LogP contribution in [-0.4, -0.2) is 50.7 Å². The van der Waals surface area contributed by atoms with E-state index in [1.165, 1.54) is 39.9 Å². The van der Waals surface area contributed by atoms with Gasteiger partial charge in [0.2, 0.25) is 16.8 Å². The first-order chi connectivity index (χ1) is 18.2. The van der Waals surface area contributed by atoms with Crippen molar-refractivity contribution in [2.75, 3.05) is 25.2 Å². The van der Waals surface area contributed by atoms with E-state index in [9.17, 15) is 18.5 Å². The number of anilines is 1. The Morgan fingerprint density at radius 1 is 1.11 bits per heavy atom. The molecule has 3 aromatic rings. The summed E-state index contributed by atoms with van der Waals surface area (Å²) in [5.41, 5.74) is 2.51. The summed E-state index contributed by atoms with van der Waals surface area (Å²) in [5, 5.41) is 13.1. The minimum absolute atomic E-state index is 0.117. The molecular formula is C27H27N3O6S2. The molecular weight excluding hydrogens is 526 g/mol. The largest absolute Gasteiger partial charge is 0.454 e. The SMILES string of the molecule is Cc1c(Cc2ccc3c(c2)OCO3)sc(NC(=O)c2ccc(S(=O)(=O)N3CC(C)OC(C)C3)cc2)c1C#N. The van der Waals surface area contributed by atoms with Crippen molar-refractivity contribution in [3.05, 3.63) is 69.6 Å². The van der Waals surface area contributed by atoms with Gasteiger partial charge in [-0.05, 0) is 68.3 Å². The molecule has 0 spiro atoms. The predicted octanol–water partition coefficient (Wildman–Crippen LogP) is 4.30. The molecule has 2 atom stereocenters. The Morgan fingerprint density at radius 2 is 1.79 bits per heavy atom. The van der Waals surface area contributed by atoms with Crippen molar-refractivity contribution in [3.63, 3.8) is 0 Å². The highest BCUT2D eigenvalue weighted by atomic mass is 32.2. The van der Waals surface area contributed by atoms with Crippen LogP contribution in [0.1, 0.15) is 45.8 Å². The fourth-order valence-corrected chi connectivity index (χ4v) is 7.39. The average molecular weight is 554 g/mol. The molecule has 1 aromatic heterocycles. The second-order valence-electron chi connectivity index (χ2n) is 9.39. The molecule has 0 saturated carbocycles. The number of rotatable bonds is 6. The van der Waals surface area contributed by atoms with E-state index in [1.54, 1.807) is 0 Å². The van der Waals surface area contributed by atoms with Crippen LogP contribution in [0.2, 0.25) is 0 Å². The molecule has 2 aliphatic rings. The maximum atomic E-state index is 13.1. The molecule has 2 aromatic carbocycles. The van der Waals surface area contributed by atoms with Gasteiger partial charge < -0.3 is 19.5 Å². The smallest absolute Gasteiger partial charge is 0.256 e. The molecule has 1 N–H and O–H groups in total. The highest BCUT2D eigenvalue weighted by Gasteiger charge is 2.32. The van der Waals surface area contributed by atoms with Gasteiger partial charge >= 0.3 is 0 Å². The van der Waals surface area contributed by atoms with Gasteiger partial charge in [-0.15, -0.1) is 11.3 Å². The highest BCUT2D eigenvalue weighted by molar-refractivity contribution is 7.89. The van der Waals surface area contributed by atoms with Gasteiger partial charge in [0.15, 0.2) is 11.5 Å². The van der Waals surface area contributed by atoms with Crippen LogP contribution in [0.25, 0.3) is 0 Å². The number of fused-ring (bicyclic) bond motifs is 1. The quantitative estimate of drug-likeness (QED) is 0.484. The lowest BCUT2D eigenvalue weighted by Crippen LogP contribution is -2.48. The van der Waals surface area contributed by atoms with Crippen LogP contribution >= 0.6 is 11.3 Å². The van der Waals surface area contributed by atoms with Crippen LogP contribution in [0.15, 0.2) is 47.4 Å². The lowest BCUT2D eigenvalue weighted by molar-refractivity contribution is -0.0440. The normalized spacial score (nSPS) is 19.2. The van der Waals surface area contributed by atoms with E-state index in [0.29, 0.717) is 34.0 Å². The Morgan fingerprint density at radius 3 is 2.47 bits per heavy atom. The zero-order chi connectivity index (χ0) is 27.0. The number of nitrogens with zero attached hydrogens (tertiary/aromatic N) is 2. The first-order valence-corrected chi connectivity index (χ1v) is 14.4. The number of nitrogens with one attached hydrogen (secondary N) is 1. The van der Waals surface area contributed by atoms with Gasteiger partial charge in [0, 0.05) is 30.0 Å². The van der Waals surface area contributed by atoms with Crippen LogP contribution < -0.4 is 14.8 Å². The Kier molecular flexibility index (Phi) is 7.15. The van der Waals surface area contributed by atoms with Gasteiger partial charge in [-0.1, -0.05) is 6.07 Å². The molecule has 38 heavy (non-hydrogen) atoms. The maximum absolute atomic E-state index is 13.1. The fraction of sp³-hybridized carbons (Fsp3) is 0.333. The van der Waals surface area contributed by atoms with Gasteiger partial charge in [0.1, 0.15) is 11.1 Å². The third kappa shape index (κ3) is 5.13. The van der Waals surface area contributed by atoms with Gasteiger partial charge in [-0.2, -0.15) is 9.57 Å². The maximum Gasteiger partial charge on any atom is 0.256 e. The van der Waals surface area contributed by atoms with Crippen LogP contribution in [0, 0.1) is 18.3 Å². The lowest BCUT2D eigenvalue weighted by Gasteiger charge is -2.34. The molecule has 9 nitrogen and oxygen atoms in total. The van der Waals surface area contributed by atoms with Crippen molar-refractivity contribution in [3.8, 4) is 17.6 Å². The summed E-state index contributed by atoms with van der Waals surface area (Å²) in [5.74, 6) is 0.971. The minimum atomic E-state index is -3.71. The summed E-state index contributed by atoms with van der Waals surface area (Å²) in [6.07, 6.45) is 0.178. The molecule has 5 rings (SSSR count). The lowest BCUT2D eigenvalue weighted by atomic mass is 10.1.